The van der Waals surface area contributed by atoms with E-state index in [0.717, 1.165) is 35.5 Å². The van der Waals surface area contributed by atoms with Gasteiger partial charge in [0.25, 0.3) is 5.91 Å². The van der Waals surface area contributed by atoms with E-state index < -0.39 is 0 Å². The number of benzene rings is 1. The maximum atomic E-state index is 12.5. The summed E-state index contributed by atoms with van der Waals surface area (Å²) in [5.41, 5.74) is 3.33. The molecule has 1 saturated heterocycles. The van der Waals surface area contributed by atoms with Gasteiger partial charge in [-0.1, -0.05) is 36.4 Å². The molecule has 2 aliphatic rings. The van der Waals surface area contributed by atoms with E-state index in [1.54, 1.807) is 6.20 Å². The molecule has 7 nitrogen and oxygen atoms in total. The van der Waals surface area contributed by atoms with Crippen LogP contribution in [0.5, 0.6) is 0 Å². The van der Waals surface area contributed by atoms with Crippen LogP contribution in [-0.2, 0) is 11.2 Å². The van der Waals surface area contributed by atoms with Crippen LogP contribution < -0.4 is 10.2 Å². The van der Waals surface area contributed by atoms with Crippen molar-refractivity contribution < 1.29 is 9.53 Å². The third-order valence-electron chi connectivity index (χ3n) is 5.32. The van der Waals surface area contributed by atoms with Gasteiger partial charge in [-0.05, 0) is 12.5 Å². The Hall–Kier alpha value is -3.32. The molecule has 1 fully saturated rings. The van der Waals surface area contributed by atoms with Gasteiger partial charge in [0, 0.05) is 48.7 Å². The van der Waals surface area contributed by atoms with Gasteiger partial charge in [0.15, 0.2) is 5.82 Å². The van der Waals surface area contributed by atoms with Crippen molar-refractivity contribution in [2.45, 2.75) is 12.5 Å². The van der Waals surface area contributed by atoms with E-state index in [1.807, 2.05) is 48.7 Å². The largest absolute Gasteiger partial charge is 0.370 e. The van der Waals surface area contributed by atoms with Crippen LogP contribution in [0.25, 0.3) is 11.4 Å². The first-order valence-corrected chi connectivity index (χ1v) is 9.80. The molecule has 146 valence electrons. The molecule has 29 heavy (non-hydrogen) atoms. The van der Waals surface area contributed by atoms with Gasteiger partial charge in [-0.2, -0.15) is 0 Å². The van der Waals surface area contributed by atoms with Crippen LogP contribution in [-0.4, -0.2) is 47.1 Å². The van der Waals surface area contributed by atoms with Crippen LogP contribution in [0.1, 0.15) is 27.7 Å². The Balaban J connectivity index is 1.56. The number of nitrogens with zero attached hydrogens (tertiary/aromatic N) is 4. The summed E-state index contributed by atoms with van der Waals surface area (Å²) in [5, 5.41) is 2.90. The molecule has 0 radical (unpaired) electrons. The third kappa shape index (κ3) is 3.45. The quantitative estimate of drug-likeness (QED) is 0.743. The monoisotopic (exact) mass is 387 g/mol. The van der Waals surface area contributed by atoms with Gasteiger partial charge in [0.1, 0.15) is 17.6 Å². The number of hydrogen-bond donors (Lipinski definition) is 1. The Morgan fingerprint density at radius 2 is 2.00 bits per heavy atom. The van der Waals surface area contributed by atoms with E-state index in [0.29, 0.717) is 31.2 Å². The summed E-state index contributed by atoms with van der Waals surface area (Å²) >= 11 is 0. The van der Waals surface area contributed by atoms with Crippen molar-refractivity contribution in [2.24, 2.45) is 0 Å². The number of nitrogens with one attached hydrogen (secondary N) is 1. The summed E-state index contributed by atoms with van der Waals surface area (Å²) in [4.78, 5) is 28.5. The molecule has 0 bridgehead atoms. The molecule has 5 rings (SSSR count). The molecular weight excluding hydrogens is 366 g/mol. The molecule has 0 spiro atoms. The predicted octanol–water partition coefficient (Wildman–Crippen LogP) is 2.40. The van der Waals surface area contributed by atoms with Crippen LogP contribution in [0, 0.1) is 0 Å². The lowest BCUT2D eigenvalue weighted by Crippen LogP contribution is -2.41. The van der Waals surface area contributed by atoms with E-state index >= 15 is 0 Å². The lowest BCUT2D eigenvalue weighted by molar-refractivity contribution is 0.0392. The maximum Gasteiger partial charge on any atom is 0.270 e. The minimum Gasteiger partial charge on any atom is -0.370 e. The van der Waals surface area contributed by atoms with Gasteiger partial charge in [0.05, 0.1) is 6.61 Å². The van der Waals surface area contributed by atoms with Crippen LogP contribution >= 0.6 is 0 Å². The topological polar surface area (TPSA) is 80.2 Å². The highest BCUT2D eigenvalue weighted by atomic mass is 16.5. The SMILES string of the molecule is O=C1NCCc2c1nc(-c1ccccc1)nc2N1CCOC(c2cccnc2)C1. The summed E-state index contributed by atoms with van der Waals surface area (Å²) in [7, 11) is 0. The second kappa shape index (κ2) is 7.60. The number of fused-ring (bicyclic) bond motifs is 1. The molecule has 2 aliphatic heterocycles. The fourth-order valence-electron chi connectivity index (χ4n) is 3.86. The Kier molecular flexibility index (Phi) is 4.65. The van der Waals surface area contributed by atoms with E-state index in [9.17, 15) is 4.79 Å². The Labute approximate surface area is 168 Å². The van der Waals surface area contributed by atoms with Crippen LogP contribution in [0.15, 0.2) is 54.9 Å². The average Bonchev–Trinajstić information content (AvgIpc) is 2.80. The van der Waals surface area contributed by atoms with Crippen molar-refractivity contribution in [3.05, 3.63) is 71.7 Å². The Morgan fingerprint density at radius 1 is 1.10 bits per heavy atom. The molecule has 1 N–H and O–H groups in total. The molecule has 2 aromatic heterocycles. The van der Waals surface area contributed by atoms with E-state index in [1.165, 1.54) is 0 Å². The first kappa shape index (κ1) is 17.8. The molecule has 0 aliphatic carbocycles. The number of ether oxygens (including phenoxy) is 1. The zero-order valence-corrected chi connectivity index (χ0v) is 15.9. The molecule has 1 aromatic carbocycles. The summed E-state index contributed by atoms with van der Waals surface area (Å²) in [6.07, 6.45) is 4.24. The number of pyridine rings is 1. The standard InChI is InChI=1S/C22H21N5O2/c28-22-19-17(8-10-24-22)21(26-20(25-19)15-5-2-1-3-6-15)27-11-12-29-18(14-27)16-7-4-9-23-13-16/h1-7,9,13,18H,8,10-12,14H2,(H,24,28). The van der Waals surface area contributed by atoms with Crippen molar-refractivity contribution in [3.8, 4) is 11.4 Å². The summed E-state index contributed by atoms with van der Waals surface area (Å²) in [5.74, 6) is 1.27. The number of aromatic nitrogens is 3. The number of amides is 1. The highest BCUT2D eigenvalue weighted by Crippen LogP contribution is 2.31. The van der Waals surface area contributed by atoms with E-state index in [2.05, 4.69) is 20.2 Å². The number of anilines is 1. The van der Waals surface area contributed by atoms with Gasteiger partial charge in [0.2, 0.25) is 0 Å². The molecule has 1 amide bonds. The maximum absolute atomic E-state index is 12.5. The molecule has 4 heterocycles. The minimum atomic E-state index is -0.135. The number of rotatable bonds is 3. The normalized spacial score (nSPS) is 18.8. The van der Waals surface area contributed by atoms with Gasteiger partial charge in [-0.15, -0.1) is 0 Å². The van der Waals surface area contributed by atoms with Gasteiger partial charge in [-0.25, -0.2) is 9.97 Å². The van der Waals surface area contributed by atoms with Gasteiger partial charge in [-0.3, -0.25) is 9.78 Å². The number of hydrogen-bond acceptors (Lipinski definition) is 6. The molecule has 1 atom stereocenters. The average molecular weight is 387 g/mol. The molecule has 7 heteroatoms. The lowest BCUT2D eigenvalue weighted by Gasteiger charge is -2.35. The minimum absolute atomic E-state index is 0.0827. The second-order valence-corrected chi connectivity index (χ2v) is 7.16. The van der Waals surface area contributed by atoms with Gasteiger partial charge < -0.3 is 15.0 Å². The first-order chi connectivity index (χ1) is 14.3. The summed E-state index contributed by atoms with van der Waals surface area (Å²) < 4.78 is 5.99. The molecule has 0 saturated carbocycles. The number of carbonyl (C=O) groups is 1. The lowest BCUT2D eigenvalue weighted by atomic mass is 10.0. The highest BCUT2D eigenvalue weighted by Gasteiger charge is 2.30. The van der Waals surface area contributed by atoms with E-state index in [4.69, 9.17) is 9.72 Å². The van der Waals surface area contributed by atoms with Crippen LogP contribution in [0.2, 0.25) is 0 Å². The number of carbonyl (C=O) groups excluding carboxylic acids is 1. The van der Waals surface area contributed by atoms with Crippen LogP contribution in [0.3, 0.4) is 0 Å². The fraction of sp³-hybridized carbons (Fsp3) is 0.273. The van der Waals surface area contributed by atoms with Crippen LogP contribution in [0.4, 0.5) is 5.82 Å². The van der Waals surface area contributed by atoms with Crippen molar-refractivity contribution in [3.63, 3.8) is 0 Å². The van der Waals surface area contributed by atoms with Gasteiger partial charge >= 0.3 is 0 Å². The second-order valence-electron chi connectivity index (χ2n) is 7.16. The summed E-state index contributed by atoms with van der Waals surface area (Å²) in [6, 6.07) is 13.7. The highest BCUT2D eigenvalue weighted by molar-refractivity contribution is 5.96. The molecular formula is C22H21N5O2. The third-order valence-corrected chi connectivity index (χ3v) is 5.32. The number of morpholine rings is 1. The zero-order chi connectivity index (χ0) is 19.6. The predicted molar refractivity (Wildman–Crippen MR) is 109 cm³/mol. The first-order valence-electron chi connectivity index (χ1n) is 9.80. The molecule has 1 unspecified atom stereocenters. The smallest absolute Gasteiger partial charge is 0.270 e. The zero-order valence-electron chi connectivity index (χ0n) is 15.9. The van der Waals surface area contributed by atoms with Crippen molar-refractivity contribution in [1.29, 1.82) is 0 Å². The van der Waals surface area contributed by atoms with E-state index in [-0.39, 0.29) is 12.0 Å². The Morgan fingerprint density at radius 3 is 2.83 bits per heavy atom. The van der Waals surface area contributed by atoms with Crippen molar-refractivity contribution in [1.82, 2.24) is 20.3 Å². The van der Waals surface area contributed by atoms with Crippen molar-refractivity contribution >= 4 is 11.7 Å². The summed E-state index contributed by atoms with van der Waals surface area (Å²) in [6.45, 7) is 2.56. The molecule has 3 aromatic rings. The Bertz CT molecular complexity index is 1030. The van der Waals surface area contributed by atoms with Crippen molar-refractivity contribution in [2.75, 3.05) is 31.1 Å². The fourth-order valence-corrected chi connectivity index (χ4v) is 3.86.